The summed E-state index contributed by atoms with van der Waals surface area (Å²) in [5.41, 5.74) is -0.0000231. The zero-order valence-corrected chi connectivity index (χ0v) is 11.4. The molecule has 2 fully saturated rings. The Morgan fingerprint density at radius 3 is 2.53 bits per heavy atom. The Hall–Kier alpha value is -0.120. The van der Waals surface area contributed by atoms with Crippen LogP contribution in [0.3, 0.4) is 0 Å². The molecule has 0 aliphatic heterocycles. The number of nitrogens with one attached hydrogen (secondary N) is 1. The molecule has 0 aromatic rings. The SMILES string of the molecule is CCNC1(CO)CCCC(N(CC)C2CC2)C1. The number of nitrogens with zero attached hydrogens (tertiary/aromatic N) is 1. The van der Waals surface area contributed by atoms with Gasteiger partial charge in [-0.15, -0.1) is 0 Å². The van der Waals surface area contributed by atoms with Crippen LogP contribution in [0, 0.1) is 0 Å². The van der Waals surface area contributed by atoms with Crippen LogP contribution in [-0.2, 0) is 0 Å². The van der Waals surface area contributed by atoms with Crippen LogP contribution in [0.25, 0.3) is 0 Å². The van der Waals surface area contributed by atoms with Crippen molar-refractivity contribution in [2.45, 2.75) is 70.0 Å². The van der Waals surface area contributed by atoms with Crippen molar-refractivity contribution in [3.63, 3.8) is 0 Å². The molecule has 2 atom stereocenters. The van der Waals surface area contributed by atoms with Crippen LogP contribution in [0.4, 0.5) is 0 Å². The molecule has 0 amide bonds. The topological polar surface area (TPSA) is 35.5 Å². The Kier molecular flexibility index (Phi) is 4.45. The highest BCUT2D eigenvalue weighted by Crippen LogP contribution is 2.36. The molecule has 3 heteroatoms. The highest BCUT2D eigenvalue weighted by atomic mass is 16.3. The predicted octanol–water partition coefficient (Wildman–Crippen LogP) is 1.75. The highest BCUT2D eigenvalue weighted by Gasteiger charge is 2.40. The summed E-state index contributed by atoms with van der Waals surface area (Å²) in [5, 5.41) is 13.3. The molecule has 100 valence electrons. The summed E-state index contributed by atoms with van der Waals surface area (Å²) in [5.74, 6) is 0. The lowest BCUT2D eigenvalue weighted by Crippen LogP contribution is -2.56. The van der Waals surface area contributed by atoms with E-state index in [4.69, 9.17) is 0 Å². The van der Waals surface area contributed by atoms with Crippen LogP contribution in [0.2, 0.25) is 0 Å². The van der Waals surface area contributed by atoms with Crippen LogP contribution in [0.1, 0.15) is 52.4 Å². The van der Waals surface area contributed by atoms with Crippen molar-refractivity contribution >= 4 is 0 Å². The van der Waals surface area contributed by atoms with Gasteiger partial charge in [0.05, 0.1) is 6.61 Å². The first-order valence-corrected chi connectivity index (χ1v) is 7.36. The van der Waals surface area contributed by atoms with E-state index in [2.05, 4.69) is 24.1 Å². The van der Waals surface area contributed by atoms with Crippen molar-refractivity contribution in [1.29, 1.82) is 0 Å². The van der Waals surface area contributed by atoms with E-state index in [1.807, 2.05) is 0 Å². The molecule has 0 radical (unpaired) electrons. The van der Waals surface area contributed by atoms with Gasteiger partial charge in [0.1, 0.15) is 0 Å². The molecule has 0 spiro atoms. The molecular formula is C14H28N2O. The van der Waals surface area contributed by atoms with Crippen LogP contribution < -0.4 is 5.32 Å². The summed E-state index contributed by atoms with van der Waals surface area (Å²) in [6.07, 6.45) is 7.60. The molecule has 2 aliphatic rings. The average molecular weight is 240 g/mol. The fourth-order valence-corrected chi connectivity index (χ4v) is 3.57. The Labute approximate surface area is 106 Å². The second-order valence-corrected chi connectivity index (χ2v) is 5.78. The zero-order chi connectivity index (χ0) is 12.3. The fraction of sp³-hybridized carbons (Fsp3) is 1.00. The minimum atomic E-state index is -0.0000231. The maximum atomic E-state index is 9.72. The van der Waals surface area contributed by atoms with Crippen molar-refractivity contribution in [2.75, 3.05) is 19.7 Å². The predicted molar refractivity (Wildman–Crippen MR) is 71.2 cm³/mol. The van der Waals surface area contributed by atoms with Crippen molar-refractivity contribution in [3.05, 3.63) is 0 Å². The van der Waals surface area contributed by atoms with Gasteiger partial charge in [-0.2, -0.15) is 0 Å². The van der Waals surface area contributed by atoms with Gasteiger partial charge < -0.3 is 10.4 Å². The van der Waals surface area contributed by atoms with Gasteiger partial charge in [0.25, 0.3) is 0 Å². The Morgan fingerprint density at radius 1 is 1.24 bits per heavy atom. The normalized spacial score (nSPS) is 34.2. The van der Waals surface area contributed by atoms with Crippen molar-refractivity contribution in [1.82, 2.24) is 10.2 Å². The maximum Gasteiger partial charge on any atom is 0.0613 e. The molecule has 2 N–H and O–H groups in total. The second-order valence-electron chi connectivity index (χ2n) is 5.78. The first kappa shape index (κ1) is 13.3. The molecule has 0 saturated heterocycles. The average Bonchev–Trinajstić information content (AvgIpc) is 3.15. The number of likely N-dealkylation sites (N-methyl/N-ethyl adjacent to an activating group) is 1. The van der Waals surface area contributed by atoms with Crippen LogP contribution in [0.15, 0.2) is 0 Å². The summed E-state index contributed by atoms with van der Waals surface area (Å²) >= 11 is 0. The molecular weight excluding hydrogens is 212 g/mol. The third-order valence-electron chi connectivity index (χ3n) is 4.52. The lowest BCUT2D eigenvalue weighted by molar-refractivity contribution is 0.0588. The number of hydrogen-bond acceptors (Lipinski definition) is 3. The zero-order valence-electron chi connectivity index (χ0n) is 11.4. The third kappa shape index (κ3) is 3.01. The lowest BCUT2D eigenvalue weighted by Gasteiger charge is -2.44. The summed E-state index contributed by atoms with van der Waals surface area (Å²) in [4.78, 5) is 2.68. The van der Waals surface area contributed by atoms with Crippen molar-refractivity contribution in [2.24, 2.45) is 0 Å². The monoisotopic (exact) mass is 240 g/mol. The summed E-state index contributed by atoms with van der Waals surface area (Å²) in [6, 6.07) is 1.54. The Bertz CT molecular complexity index is 238. The first-order chi connectivity index (χ1) is 8.24. The van der Waals surface area contributed by atoms with Gasteiger partial charge in [-0.1, -0.05) is 13.8 Å². The third-order valence-corrected chi connectivity index (χ3v) is 4.52. The Balaban J connectivity index is 1.99. The Morgan fingerprint density at radius 2 is 2.00 bits per heavy atom. The molecule has 2 aliphatic carbocycles. The summed E-state index contributed by atoms with van der Waals surface area (Å²) in [7, 11) is 0. The van der Waals surface area contributed by atoms with Gasteiger partial charge in [-0.25, -0.2) is 0 Å². The van der Waals surface area contributed by atoms with E-state index in [1.165, 1.54) is 32.2 Å². The number of aliphatic hydroxyl groups is 1. The first-order valence-electron chi connectivity index (χ1n) is 7.36. The minimum absolute atomic E-state index is 0.0000231. The second kappa shape index (κ2) is 5.68. The smallest absolute Gasteiger partial charge is 0.0613 e. The van der Waals surface area contributed by atoms with Gasteiger partial charge >= 0.3 is 0 Å². The number of rotatable bonds is 6. The van der Waals surface area contributed by atoms with E-state index >= 15 is 0 Å². The lowest BCUT2D eigenvalue weighted by atomic mass is 9.78. The fourth-order valence-electron chi connectivity index (χ4n) is 3.57. The van der Waals surface area contributed by atoms with E-state index in [1.54, 1.807) is 0 Å². The van der Waals surface area contributed by atoms with Crippen LogP contribution >= 0.6 is 0 Å². The van der Waals surface area contributed by atoms with Gasteiger partial charge in [0.2, 0.25) is 0 Å². The van der Waals surface area contributed by atoms with Crippen molar-refractivity contribution in [3.8, 4) is 0 Å². The quantitative estimate of drug-likeness (QED) is 0.742. The van der Waals surface area contributed by atoms with E-state index in [0.29, 0.717) is 12.6 Å². The van der Waals surface area contributed by atoms with E-state index in [0.717, 1.165) is 25.4 Å². The van der Waals surface area contributed by atoms with Gasteiger partial charge in [-0.05, 0) is 51.6 Å². The highest BCUT2D eigenvalue weighted by molar-refractivity contribution is 4.99. The molecule has 2 unspecified atom stereocenters. The van der Waals surface area contributed by atoms with Gasteiger partial charge in [0.15, 0.2) is 0 Å². The molecule has 2 saturated carbocycles. The molecule has 0 aromatic carbocycles. The van der Waals surface area contributed by atoms with E-state index in [-0.39, 0.29) is 5.54 Å². The van der Waals surface area contributed by atoms with Crippen molar-refractivity contribution < 1.29 is 5.11 Å². The van der Waals surface area contributed by atoms with Crippen LogP contribution in [-0.4, -0.2) is 47.3 Å². The standard InChI is InChI=1S/C14H28N2O/c1-3-15-14(11-17)9-5-6-13(10-14)16(4-2)12-7-8-12/h12-13,15,17H,3-11H2,1-2H3. The van der Waals surface area contributed by atoms with Gasteiger partial charge in [-0.3, -0.25) is 4.90 Å². The molecule has 17 heavy (non-hydrogen) atoms. The molecule has 2 rings (SSSR count). The molecule has 0 aromatic heterocycles. The summed E-state index contributed by atoms with van der Waals surface area (Å²) < 4.78 is 0. The van der Waals surface area contributed by atoms with Gasteiger partial charge in [0, 0.05) is 17.6 Å². The number of aliphatic hydroxyl groups excluding tert-OH is 1. The number of hydrogen-bond donors (Lipinski definition) is 2. The molecule has 0 bridgehead atoms. The van der Waals surface area contributed by atoms with E-state index in [9.17, 15) is 5.11 Å². The van der Waals surface area contributed by atoms with Crippen LogP contribution in [0.5, 0.6) is 0 Å². The molecule has 3 nitrogen and oxygen atoms in total. The summed E-state index contributed by atoms with van der Waals surface area (Å²) in [6.45, 7) is 6.84. The maximum absolute atomic E-state index is 9.72. The molecule has 0 heterocycles. The largest absolute Gasteiger partial charge is 0.394 e. The van der Waals surface area contributed by atoms with E-state index < -0.39 is 0 Å². The minimum Gasteiger partial charge on any atom is -0.394 e.